The second-order valence-corrected chi connectivity index (χ2v) is 9.66. The van der Waals surface area contributed by atoms with Crippen molar-refractivity contribution < 1.29 is 27.2 Å². The highest BCUT2D eigenvalue weighted by Gasteiger charge is 2.32. The average molecular weight is 481 g/mol. The van der Waals surface area contributed by atoms with Crippen molar-refractivity contribution in [2.75, 3.05) is 52.5 Å². The minimum Gasteiger partial charge on any atom is -0.494 e. The zero-order valence-corrected chi connectivity index (χ0v) is 20.2. The first-order valence-corrected chi connectivity index (χ1v) is 12.5. The van der Waals surface area contributed by atoms with Gasteiger partial charge in [0.2, 0.25) is 15.9 Å². The molecular formula is C22H32N4O6S. The smallest absolute Gasteiger partial charge is 0.248 e. The van der Waals surface area contributed by atoms with E-state index in [1.54, 1.807) is 13.8 Å². The van der Waals surface area contributed by atoms with E-state index in [0.717, 1.165) is 5.75 Å². The van der Waals surface area contributed by atoms with Gasteiger partial charge >= 0.3 is 0 Å². The highest BCUT2D eigenvalue weighted by molar-refractivity contribution is 7.89. The fourth-order valence-electron chi connectivity index (χ4n) is 3.73. The Labute approximate surface area is 194 Å². The van der Waals surface area contributed by atoms with Gasteiger partial charge < -0.3 is 19.3 Å². The van der Waals surface area contributed by atoms with Crippen LogP contribution in [0, 0.1) is 13.8 Å². The van der Waals surface area contributed by atoms with E-state index in [9.17, 15) is 13.2 Å². The number of carbonyl (C=O) groups is 1. The monoisotopic (exact) mass is 480 g/mol. The van der Waals surface area contributed by atoms with E-state index >= 15 is 0 Å². The molecule has 0 radical (unpaired) electrons. The number of hydrogen-bond donors (Lipinski definition) is 1. The summed E-state index contributed by atoms with van der Waals surface area (Å²) in [6.07, 6.45) is 0.636. The topological polar surface area (TPSA) is 114 Å². The van der Waals surface area contributed by atoms with Crippen LogP contribution in [-0.4, -0.2) is 81.2 Å². The van der Waals surface area contributed by atoms with Crippen LogP contribution in [0.3, 0.4) is 0 Å². The molecule has 1 aromatic heterocycles. The zero-order valence-electron chi connectivity index (χ0n) is 19.4. The predicted octanol–water partition coefficient (Wildman–Crippen LogP) is 1.58. The minimum atomic E-state index is -3.68. The fourth-order valence-corrected chi connectivity index (χ4v) is 5.50. The van der Waals surface area contributed by atoms with Crippen molar-refractivity contribution in [3.63, 3.8) is 0 Å². The van der Waals surface area contributed by atoms with E-state index in [1.807, 2.05) is 36.1 Å². The van der Waals surface area contributed by atoms with Gasteiger partial charge in [0.25, 0.3) is 0 Å². The van der Waals surface area contributed by atoms with Crippen molar-refractivity contribution in [3.8, 4) is 11.5 Å². The molecule has 33 heavy (non-hydrogen) atoms. The molecule has 10 nitrogen and oxygen atoms in total. The van der Waals surface area contributed by atoms with E-state index < -0.39 is 10.0 Å². The van der Waals surface area contributed by atoms with E-state index in [2.05, 4.69) is 10.5 Å². The summed E-state index contributed by atoms with van der Waals surface area (Å²) in [6, 6.07) is 7.33. The Bertz CT molecular complexity index is 1000. The lowest BCUT2D eigenvalue weighted by Gasteiger charge is -2.21. The van der Waals surface area contributed by atoms with Crippen molar-refractivity contribution in [3.05, 3.63) is 35.7 Å². The zero-order chi connectivity index (χ0) is 23.8. The van der Waals surface area contributed by atoms with Crippen molar-refractivity contribution in [2.45, 2.75) is 32.1 Å². The Morgan fingerprint density at radius 1 is 1.09 bits per heavy atom. The normalized spacial score (nSPS) is 15.7. The second kappa shape index (κ2) is 11.5. The third-order valence-corrected chi connectivity index (χ3v) is 7.45. The molecule has 1 aliphatic rings. The highest BCUT2D eigenvalue weighted by atomic mass is 32.2. The first-order chi connectivity index (χ1) is 15.8. The Morgan fingerprint density at radius 2 is 1.79 bits per heavy atom. The SMILES string of the molecule is CCOc1ccc(OCCNC(=O)CN2CCCN(S(=O)(=O)c3c(C)noc3C)CC2)cc1. The van der Waals surface area contributed by atoms with Gasteiger partial charge in [-0.3, -0.25) is 9.69 Å². The summed E-state index contributed by atoms with van der Waals surface area (Å²) in [6.45, 7) is 8.51. The molecule has 0 bridgehead atoms. The van der Waals surface area contributed by atoms with E-state index in [4.69, 9.17) is 14.0 Å². The number of amides is 1. The highest BCUT2D eigenvalue weighted by Crippen LogP contribution is 2.24. The first kappa shape index (κ1) is 25.0. The quantitative estimate of drug-likeness (QED) is 0.510. The number of aryl methyl sites for hydroxylation is 2. The summed E-state index contributed by atoms with van der Waals surface area (Å²) >= 11 is 0. The lowest BCUT2D eigenvalue weighted by atomic mass is 10.3. The molecule has 1 fully saturated rings. The molecule has 1 N–H and O–H groups in total. The van der Waals surface area contributed by atoms with Crippen LogP contribution in [0.25, 0.3) is 0 Å². The van der Waals surface area contributed by atoms with Crippen LogP contribution in [-0.2, 0) is 14.8 Å². The van der Waals surface area contributed by atoms with Crippen LogP contribution in [0.2, 0.25) is 0 Å². The molecular weight excluding hydrogens is 448 g/mol. The molecule has 2 heterocycles. The molecule has 3 rings (SSSR count). The molecule has 0 unspecified atom stereocenters. The molecule has 182 valence electrons. The third-order valence-electron chi connectivity index (χ3n) is 5.31. The molecule has 1 amide bonds. The number of ether oxygens (including phenoxy) is 2. The van der Waals surface area contributed by atoms with Crippen LogP contribution >= 0.6 is 0 Å². The largest absolute Gasteiger partial charge is 0.494 e. The third kappa shape index (κ3) is 6.68. The summed E-state index contributed by atoms with van der Waals surface area (Å²) in [5.41, 5.74) is 0.362. The Kier molecular flexibility index (Phi) is 8.70. The number of nitrogens with one attached hydrogen (secondary N) is 1. The van der Waals surface area contributed by atoms with Crippen LogP contribution < -0.4 is 14.8 Å². The number of hydrogen-bond acceptors (Lipinski definition) is 8. The van der Waals surface area contributed by atoms with Gasteiger partial charge in [-0.2, -0.15) is 4.31 Å². The number of rotatable bonds is 10. The van der Waals surface area contributed by atoms with Crippen molar-refractivity contribution in [1.29, 1.82) is 0 Å². The van der Waals surface area contributed by atoms with Gasteiger partial charge in [0.15, 0.2) is 5.76 Å². The molecule has 1 saturated heterocycles. The van der Waals surface area contributed by atoms with Gasteiger partial charge in [-0.15, -0.1) is 0 Å². The molecule has 1 aromatic carbocycles. The molecule has 0 saturated carbocycles. The van der Waals surface area contributed by atoms with E-state index in [-0.39, 0.29) is 17.3 Å². The maximum Gasteiger partial charge on any atom is 0.248 e. The number of sulfonamides is 1. The molecule has 11 heteroatoms. The number of aromatic nitrogens is 1. The summed E-state index contributed by atoms with van der Waals surface area (Å²) in [5, 5.41) is 6.61. The predicted molar refractivity (Wildman–Crippen MR) is 122 cm³/mol. The van der Waals surface area contributed by atoms with E-state index in [0.29, 0.717) is 69.6 Å². The summed E-state index contributed by atoms with van der Waals surface area (Å²) < 4.78 is 43.6. The van der Waals surface area contributed by atoms with Gasteiger partial charge in [0.1, 0.15) is 28.7 Å². The number of benzene rings is 1. The van der Waals surface area contributed by atoms with Gasteiger partial charge in [-0.25, -0.2) is 8.42 Å². The van der Waals surface area contributed by atoms with Crippen molar-refractivity contribution in [1.82, 2.24) is 19.7 Å². The minimum absolute atomic E-state index is 0.118. The van der Waals surface area contributed by atoms with Crippen LogP contribution in [0.4, 0.5) is 0 Å². The molecule has 0 aliphatic carbocycles. The second-order valence-electron chi connectivity index (χ2n) is 7.79. The lowest BCUT2D eigenvalue weighted by molar-refractivity contribution is -0.122. The number of carbonyl (C=O) groups excluding carboxylic acids is 1. The van der Waals surface area contributed by atoms with Crippen LogP contribution in [0.1, 0.15) is 24.8 Å². The Hall–Kier alpha value is -2.63. The van der Waals surface area contributed by atoms with Gasteiger partial charge in [-0.1, -0.05) is 5.16 Å². The standard InChI is InChI=1S/C22H32N4O6S/c1-4-30-19-6-8-20(9-7-19)31-15-10-23-21(27)16-25-11-5-12-26(14-13-25)33(28,29)22-17(2)24-32-18(22)3/h6-9H,4-5,10-16H2,1-3H3,(H,23,27). The van der Waals surface area contributed by atoms with Crippen LogP contribution in [0.15, 0.2) is 33.7 Å². The van der Waals surface area contributed by atoms with Crippen molar-refractivity contribution in [2.24, 2.45) is 0 Å². The maximum absolute atomic E-state index is 13.0. The lowest BCUT2D eigenvalue weighted by Crippen LogP contribution is -2.41. The molecule has 2 aromatic rings. The van der Waals surface area contributed by atoms with E-state index in [1.165, 1.54) is 4.31 Å². The first-order valence-electron chi connectivity index (χ1n) is 11.1. The molecule has 0 spiro atoms. The van der Waals surface area contributed by atoms with Gasteiger partial charge in [0, 0.05) is 19.6 Å². The summed E-state index contributed by atoms with van der Waals surface area (Å²) in [5.74, 6) is 1.67. The molecule has 1 aliphatic heterocycles. The molecule has 0 atom stereocenters. The van der Waals surface area contributed by atoms with Crippen molar-refractivity contribution >= 4 is 15.9 Å². The summed E-state index contributed by atoms with van der Waals surface area (Å²) in [4.78, 5) is 14.4. The average Bonchev–Trinajstić information content (AvgIpc) is 2.97. The maximum atomic E-state index is 13.0. The van der Waals surface area contributed by atoms with Gasteiger partial charge in [-0.05, 0) is 58.0 Å². The number of nitrogens with zero attached hydrogens (tertiary/aromatic N) is 3. The summed E-state index contributed by atoms with van der Waals surface area (Å²) in [7, 11) is -3.68. The Morgan fingerprint density at radius 3 is 2.42 bits per heavy atom. The van der Waals surface area contributed by atoms with Gasteiger partial charge in [0.05, 0.1) is 19.7 Å². The fraction of sp³-hybridized carbons (Fsp3) is 0.545. The van der Waals surface area contributed by atoms with Crippen LogP contribution in [0.5, 0.6) is 11.5 Å². The Balaban J connectivity index is 1.41.